The monoisotopic (exact) mass is 271 g/mol. The normalized spacial score (nSPS) is 23.1. The predicted octanol–water partition coefficient (Wildman–Crippen LogP) is 3.02. The first-order valence-corrected chi connectivity index (χ1v) is 7.16. The standard InChI is InChI=1S/C16H21N3O/c1-11(16-17-7-8-18-16)19-13-9-12(10-13)14-5-3-4-6-15(14)20-2/h3-8,11-13,19H,9-10H2,1-2H3,(H,17,18). The zero-order valence-corrected chi connectivity index (χ0v) is 12.0. The van der Waals surface area contributed by atoms with Crippen molar-refractivity contribution in [1.82, 2.24) is 15.3 Å². The SMILES string of the molecule is COc1ccccc1C1CC(NC(C)c2ncc[nH]2)C1. The summed E-state index contributed by atoms with van der Waals surface area (Å²) >= 11 is 0. The second-order valence-corrected chi connectivity index (χ2v) is 5.47. The minimum Gasteiger partial charge on any atom is -0.496 e. The second-order valence-electron chi connectivity index (χ2n) is 5.47. The number of benzene rings is 1. The third-order valence-electron chi connectivity index (χ3n) is 4.13. The molecule has 1 aliphatic carbocycles. The molecule has 2 aromatic rings. The maximum absolute atomic E-state index is 5.44. The third-order valence-corrected chi connectivity index (χ3v) is 4.13. The number of para-hydroxylation sites is 1. The number of hydrogen-bond donors (Lipinski definition) is 2. The van der Waals surface area contributed by atoms with Gasteiger partial charge in [0.1, 0.15) is 11.6 Å². The highest BCUT2D eigenvalue weighted by atomic mass is 16.5. The summed E-state index contributed by atoms with van der Waals surface area (Å²) in [5, 5.41) is 3.62. The molecule has 4 heteroatoms. The van der Waals surface area contributed by atoms with Crippen LogP contribution in [0.4, 0.5) is 0 Å². The van der Waals surface area contributed by atoms with E-state index in [4.69, 9.17) is 4.74 Å². The largest absolute Gasteiger partial charge is 0.496 e. The topological polar surface area (TPSA) is 49.9 Å². The number of hydrogen-bond acceptors (Lipinski definition) is 3. The molecule has 0 spiro atoms. The van der Waals surface area contributed by atoms with Crippen LogP contribution in [0.1, 0.15) is 43.1 Å². The zero-order valence-electron chi connectivity index (χ0n) is 12.0. The van der Waals surface area contributed by atoms with Crippen molar-refractivity contribution in [3.8, 4) is 5.75 Å². The molecule has 0 bridgehead atoms. The van der Waals surface area contributed by atoms with Crippen LogP contribution in [0.3, 0.4) is 0 Å². The van der Waals surface area contributed by atoms with Gasteiger partial charge in [-0.15, -0.1) is 0 Å². The van der Waals surface area contributed by atoms with Crippen LogP contribution < -0.4 is 10.1 Å². The number of methoxy groups -OCH3 is 1. The van der Waals surface area contributed by atoms with E-state index in [0.29, 0.717) is 12.0 Å². The summed E-state index contributed by atoms with van der Waals surface area (Å²) in [6.45, 7) is 2.15. The lowest BCUT2D eigenvalue weighted by Gasteiger charge is -2.38. The summed E-state index contributed by atoms with van der Waals surface area (Å²) in [5.74, 6) is 2.62. The van der Waals surface area contributed by atoms with Gasteiger partial charge < -0.3 is 15.0 Å². The van der Waals surface area contributed by atoms with Crippen molar-refractivity contribution in [3.05, 3.63) is 48.0 Å². The molecular weight excluding hydrogens is 250 g/mol. The maximum Gasteiger partial charge on any atom is 0.122 e. The van der Waals surface area contributed by atoms with E-state index in [-0.39, 0.29) is 6.04 Å². The van der Waals surface area contributed by atoms with Crippen LogP contribution in [0.5, 0.6) is 5.75 Å². The summed E-state index contributed by atoms with van der Waals surface area (Å²) in [5.41, 5.74) is 1.33. The molecule has 0 radical (unpaired) electrons. The minimum atomic E-state index is 0.272. The van der Waals surface area contributed by atoms with Gasteiger partial charge in [-0.1, -0.05) is 18.2 Å². The average molecular weight is 271 g/mol. The molecule has 3 rings (SSSR count). The van der Waals surface area contributed by atoms with Crippen molar-refractivity contribution >= 4 is 0 Å². The summed E-state index contributed by atoms with van der Waals surface area (Å²) in [6.07, 6.45) is 5.98. The summed E-state index contributed by atoms with van der Waals surface area (Å²) in [7, 11) is 1.74. The Bertz CT molecular complexity index is 547. The fraction of sp³-hybridized carbons (Fsp3) is 0.438. The average Bonchev–Trinajstić information content (AvgIpc) is 2.96. The van der Waals surface area contributed by atoms with E-state index in [0.717, 1.165) is 24.4 Å². The van der Waals surface area contributed by atoms with E-state index >= 15 is 0 Å². The number of H-pyrrole nitrogens is 1. The smallest absolute Gasteiger partial charge is 0.122 e. The van der Waals surface area contributed by atoms with E-state index < -0.39 is 0 Å². The van der Waals surface area contributed by atoms with E-state index in [1.54, 1.807) is 13.3 Å². The molecule has 1 unspecified atom stereocenters. The first kappa shape index (κ1) is 13.2. The van der Waals surface area contributed by atoms with E-state index in [9.17, 15) is 0 Å². The molecule has 0 aliphatic heterocycles. The van der Waals surface area contributed by atoms with Gasteiger partial charge in [0.2, 0.25) is 0 Å². The Morgan fingerprint density at radius 3 is 2.85 bits per heavy atom. The Labute approximate surface area is 119 Å². The summed E-state index contributed by atoms with van der Waals surface area (Å²) in [6, 6.07) is 9.16. The maximum atomic E-state index is 5.44. The number of aromatic nitrogens is 2. The number of rotatable bonds is 5. The minimum absolute atomic E-state index is 0.272. The van der Waals surface area contributed by atoms with Gasteiger partial charge >= 0.3 is 0 Å². The molecule has 0 amide bonds. The quantitative estimate of drug-likeness (QED) is 0.879. The van der Waals surface area contributed by atoms with Crippen LogP contribution in [0, 0.1) is 0 Å². The van der Waals surface area contributed by atoms with Crippen molar-refractivity contribution in [2.45, 2.75) is 37.8 Å². The third kappa shape index (κ3) is 2.56. The molecule has 4 nitrogen and oxygen atoms in total. The van der Waals surface area contributed by atoms with Crippen molar-refractivity contribution < 1.29 is 4.74 Å². The van der Waals surface area contributed by atoms with Crippen LogP contribution in [0.25, 0.3) is 0 Å². The highest BCUT2D eigenvalue weighted by Gasteiger charge is 2.32. The van der Waals surface area contributed by atoms with E-state index in [2.05, 4.69) is 34.3 Å². The Morgan fingerprint density at radius 2 is 2.15 bits per heavy atom. The van der Waals surface area contributed by atoms with Gasteiger partial charge in [0, 0.05) is 18.4 Å². The van der Waals surface area contributed by atoms with Gasteiger partial charge in [0.25, 0.3) is 0 Å². The summed E-state index contributed by atoms with van der Waals surface area (Å²) in [4.78, 5) is 7.45. The van der Waals surface area contributed by atoms with Crippen molar-refractivity contribution in [1.29, 1.82) is 0 Å². The number of ether oxygens (including phenoxy) is 1. The second kappa shape index (κ2) is 5.67. The first-order valence-electron chi connectivity index (χ1n) is 7.16. The lowest BCUT2D eigenvalue weighted by Crippen LogP contribution is -2.41. The van der Waals surface area contributed by atoms with Crippen LogP contribution in [0.15, 0.2) is 36.7 Å². The Kier molecular flexibility index (Phi) is 3.74. The molecule has 106 valence electrons. The Hall–Kier alpha value is -1.81. The molecule has 1 aromatic carbocycles. The molecular formula is C16H21N3O. The number of aromatic amines is 1. The van der Waals surface area contributed by atoms with Crippen LogP contribution in [-0.4, -0.2) is 23.1 Å². The lowest BCUT2D eigenvalue weighted by atomic mass is 9.75. The Morgan fingerprint density at radius 1 is 1.35 bits per heavy atom. The molecule has 2 N–H and O–H groups in total. The van der Waals surface area contributed by atoms with Gasteiger partial charge in [-0.25, -0.2) is 4.98 Å². The predicted molar refractivity (Wildman–Crippen MR) is 78.9 cm³/mol. The number of nitrogens with zero attached hydrogens (tertiary/aromatic N) is 1. The van der Waals surface area contributed by atoms with Crippen LogP contribution in [0.2, 0.25) is 0 Å². The van der Waals surface area contributed by atoms with E-state index in [1.807, 2.05) is 18.3 Å². The molecule has 20 heavy (non-hydrogen) atoms. The fourth-order valence-corrected chi connectivity index (χ4v) is 2.96. The molecule has 0 saturated heterocycles. The van der Waals surface area contributed by atoms with Crippen molar-refractivity contribution in [3.63, 3.8) is 0 Å². The van der Waals surface area contributed by atoms with Gasteiger partial charge in [0.05, 0.1) is 13.2 Å². The van der Waals surface area contributed by atoms with Gasteiger partial charge in [-0.3, -0.25) is 0 Å². The van der Waals surface area contributed by atoms with Crippen LogP contribution >= 0.6 is 0 Å². The highest BCUT2D eigenvalue weighted by molar-refractivity contribution is 5.37. The zero-order chi connectivity index (χ0) is 13.9. The first-order chi connectivity index (χ1) is 9.78. The Balaban J connectivity index is 1.56. The number of nitrogens with one attached hydrogen (secondary N) is 2. The molecule has 1 aliphatic rings. The van der Waals surface area contributed by atoms with E-state index in [1.165, 1.54) is 5.56 Å². The van der Waals surface area contributed by atoms with Crippen molar-refractivity contribution in [2.24, 2.45) is 0 Å². The molecule has 1 heterocycles. The van der Waals surface area contributed by atoms with Gasteiger partial charge in [0.15, 0.2) is 0 Å². The molecule has 1 atom stereocenters. The number of imidazole rings is 1. The van der Waals surface area contributed by atoms with Crippen LogP contribution in [-0.2, 0) is 0 Å². The van der Waals surface area contributed by atoms with Crippen molar-refractivity contribution in [2.75, 3.05) is 7.11 Å². The molecule has 1 fully saturated rings. The highest BCUT2D eigenvalue weighted by Crippen LogP contribution is 2.41. The fourth-order valence-electron chi connectivity index (χ4n) is 2.96. The van der Waals surface area contributed by atoms with Gasteiger partial charge in [-0.05, 0) is 37.3 Å². The summed E-state index contributed by atoms with van der Waals surface area (Å²) < 4.78 is 5.44. The molecule has 1 saturated carbocycles. The van der Waals surface area contributed by atoms with Gasteiger partial charge in [-0.2, -0.15) is 0 Å². The lowest BCUT2D eigenvalue weighted by molar-refractivity contribution is 0.262. The molecule has 1 aromatic heterocycles.